The molecule has 0 N–H and O–H groups in total. The first-order chi connectivity index (χ1) is 30.5. The molecule has 2 aromatic heterocycles. The van der Waals surface area contributed by atoms with Crippen molar-refractivity contribution in [3.63, 3.8) is 0 Å². The van der Waals surface area contributed by atoms with Gasteiger partial charge in [-0.2, -0.15) is 44.8 Å². The van der Waals surface area contributed by atoms with E-state index in [4.69, 9.17) is 15.0 Å². The Kier molecular flexibility index (Phi) is 10.1. The highest BCUT2D eigenvalue weighted by molar-refractivity contribution is 6.12. The van der Waals surface area contributed by atoms with E-state index in [9.17, 15) is 44.8 Å². The zero-order valence-corrected chi connectivity index (χ0v) is 33.1. The summed E-state index contributed by atoms with van der Waals surface area (Å²) in [6, 6.07) is 39.8. The molecule has 7 aromatic carbocycles. The van der Waals surface area contributed by atoms with Crippen molar-refractivity contribution < 1.29 is 39.5 Å². The summed E-state index contributed by atoms with van der Waals surface area (Å²) in [7, 11) is 0. The van der Waals surface area contributed by atoms with Crippen LogP contribution in [0.3, 0.4) is 0 Å². The van der Waals surface area contributed by atoms with E-state index < -0.39 is 40.8 Å². The quantitative estimate of drug-likeness (QED) is 0.156. The molecule has 2 heterocycles. The molecule has 0 spiro atoms. The van der Waals surface area contributed by atoms with Crippen LogP contribution in [0.1, 0.15) is 27.8 Å². The molecule has 0 amide bonds. The summed E-state index contributed by atoms with van der Waals surface area (Å²) in [6.45, 7) is 1.53. The van der Waals surface area contributed by atoms with Crippen molar-refractivity contribution in [1.82, 2.24) is 19.5 Å². The molecule has 9 rings (SSSR count). The molecular formula is C50H28F9N5. The molecule has 0 saturated carbocycles. The average Bonchev–Trinajstić information content (AvgIpc) is 3.61. The van der Waals surface area contributed by atoms with E-state index in [2.05, 4.69) is 6.07 Å². The monoisotopic (exact) mass is 869 g/mol. The Bertz CT molecular complexity index is 3250. The van der Waals surface area contributed by atoms with E-state index in [-0.39, 0.29) is 23.0 Å². The maximum atomic E-state index is 14.5. The maximum Gasteiger partial charge on any atom is 0.417 e. The SMILES string of the molecule is Cc1cc(C(F)(F)F)ccc1-c1ccc2c(c1)c1cc(-c3ccc(C(F)(F)F)cc3C(F)(F)F)ccc1n2-c1cc(-c2nc(-c3ccccc3)nc(-c3ccccc3)n2)ccc1C#N. The Morgan fingerprint density at radius 1 is 0.453 bits per heavy atom. The van der Waals surface area contributed by atoms with E-state index in [0.29, 0.717) is 67.5 Å². The normalized spacial score (nSPS) is 12.2. The number of rotatable bonds is 6. The van der Waals surface area contributed by atoms with Gasteiger partial charge in [0.05, 0.1) is 39.0 Å². The lowest BCUT2D eigenvalue weighted by molar-refractivity contribution is -0.143. The summed E-state index contributed by atoms with van der Waals surface area (Å²) in [4.78, 5) is 14.4. The van der Waals surface area contributed by atoms with Crippen LogP contribution in [0.5, 0.6) is 0 Å². The Morgan fingerprint density at radius 3 is 1.41 bits per heavy atom. The molecule has 0 unspecified atom stereocenters. The van der Waals surface area contributed by atoms with Crippen molar-refractivity contribution in [2.45, 2.75) is 25.5 Å². The minimum absolute atomic E-state index is 0.0509. The van der Waals surface area contributed by atoms with Gasteiger partial charge in [0.2, 0.25) is 0 Å². The van der Waals surface area contributed by atoms with Crippen molar-refractivity contribution in [1.29, 1.82) is 5.26 Å². The molecule has 0 saturated heterocycles. The topological polar surface area (TPSA) is 67.4 Å². The highest BCUT2D eigenvalue weighted by atomic mass is 19.4. The lowest BCUT2D eigenvalue weighted by Crippen LogP contribution is -2.12. The second-order valence-electron chi connectivity index (χ2n) is 15.0. The van der Waals surface area contributed by atoms with Crippen LogP contribution < -0.4 is 0 Å². The number of alkyl halides is 9. The average molecular weight is 870 g/mol. The van der Waals surface area contributed by atoms with E-state index in [1.165, 1.54) is 31.2 Å². The first kappa shape index (κ1) is 41.6. The third-order valence-corrected chi connectivity index (χ3v) is 10.9. The molecule has 0 bridgehead atoms. The zero-order valence-electron chi connectivity index (χ0n) is 33.1. The molecule has 9 aromatic rings. The third kappa shape index (κ3) is 7.70. The van der Waals surface area contributed by atoms with Crippen molar-refractivity contribution in [3.05, 3.63) is 179 Å². The lowest BCUT2D eigenvalue weighted by Gasteiger charge is -2.16. The van der Waals surface area contributed by atoms with Gasteiger partial charge in [-0.3, -0.25) is 0 Å². The fraction of sp³-hybridized carbons (Fsp3) is 0.0800. The van der Waals surface area contributed by atoms with Gasteiger partial charge in [0.25, 0.3) is 0 Å². The Labute approximate surface area is 358 Å². The molecule has 64 heavy (non-hydrogen) atoms. The minimum Gasteiger partial charge on any atom is -0.308 e. The number of nitriles is 1. The zero-order chi connectivity index (χ0) is 45.1. The van der Waals surface area contributed by atoms with Gasteiger partial charge in [-0.15, -0.1) is 0 Å². The molecular weight excluding hydrogens is 842 g/mol. The predicted molar refractivity (Wildman–Crippen MR) is 226 cm³/mol. The molecule has 0 aliphatic heterocycles. The van der Waals surface area contributed by atoms with Crippen LogP contribution in [0, 0.1) is 18.3 Å². The van der Waals surface area contributed by atoms with Crippen LogP contribution in [0.4, 0.5) is 39.5 Å². The van der Waals surface area contributed by atoms with Crippen LogP contribution in [-0.2, 0) is 18.5 Å². The molecule has 14 heteroatoms. The van der Waals surface area contributed by atoms with E-state index in [1.807, 2.05) is 60.7 Å². The van der Waals surface area contributed by atoms with Crippen LogP contribution in [0.25, 0.3) is 83.9 Å². The molecule has 0 aliphatic carbocycles. The standard InChI is InChI=1S/C50H28F9N5/c1-28-22-35(48(51,52)53)16-18-37(28)31-14-20-42-39(23-31)40-24-32(38-19-17-36(49(54,55)56)26-41(38)50(57,58)59)15-21-43(40)64(42)44-25-33(12-13-34(44)27-60)47-62-45(29-8-4-2-5-9-29)61-46(63-47)30-10-6-3-7-11-30/h2-26H,1H3. The van der Waals surface area contributed by atoms with Gasteiger partial charge < -0.3 is 4.57 Å². The van der Waals surface area contributed by atoms with Gasteiger partial charge in [0, 0.05) is 27.5 Å². The summed E-state index contributed by atoms with van der Waals surface area (Å²) in [6.07, 6.45) is -14.8. The second-order valence-corrected chi connectivity index (χ2v) is 15.0. The van der Waals surface area contributed by atoms with E-state index in [0.717, 1.165) is 29.3 Å². The van der Waals surface area contributed by atoms with Gasteiger partial charge in [-0.1, -0.05) is 84.9 Å². The van der Waals surface area contributed by atoms with Crippen LogP contribution in [0.2, 0.25) is 0 Å². The Balaban J connectivity index is 1.29. The van der Waals surface area contributed by atoms with Crippen molar-refractivity contribution in [3.8, 4) is 68.2 Å². The van der Waals surface area contributed by atoms with Crippen molar-refractivity contribution in [2.75, 3.05) is 0 Å². The minimum atomic E-state index is -5.16. The first-order valence-corrected chi connectivity index (χ1v) is 19.4. The van der Waals surface area contributed by atoms with E-state index in [1.54, 1.807) is 41.0 Å². The molecule has 0 atom stereocenters. The lowest BCUT2D eigenvalue weighted by atomic mass is 9.94. The number of aromatic nitrogens is 4. The van der Waals surface area contributed by atoms with Gasteiger partial charge >= 0.3 is 18.5 Å². The van der Waals surface area contributed by atoms with Crippen LogP contribution in [0.15, 0.2) is 152 Å². The maximum absolute atomic E-state index is 14.5. The largest absolute Gasteiger partial charge is 0.417 e. The molecule has 316 valence electrons. The van der Waals surface area contributed by atoms with Gasteiger partial charge in [-0.25, -0.2) is 15.0 Å². The first-order valence-electron chi connectivity index (χ1n) is 19.4. The summed E-state index contributed by atoms with van der Waals surface area (Å²) < 4.78 is 127. The Hall–Kier alpha value is -7.79. The molecule has 5 nitrogen and oxygen atoms in total. The molecule has 0 aliphatic rings. The number of halogens is 9. The number of aryl methyl sites for hydroxylation is 1. The molecule has 0 fully saturated rings. The van der Waals surface area contributed by atoms with E-state index >= 15 is 0 Å². The fourth-order valence-corrected chi connectivity index (χ4v) is 7.88. The number of fused-ring (bicyclic) bond motifs is 3. The third-order valence-electron chi connectivity index (χ3n) is 10.9. The summed E-state index contributed by atoms with van der Waals surface area (Å²) in [5.74, 6) is 1.03. The number of benzene rings is 7. The fourth-order valence-electron chi connectivity index (χ4n) is 7.88. The van der Waals surface area contributed by atoms with Crippen molar-refractivity contribution >= 4 is 21.8 Å². The Morgan fingerprint density at radius 2 is 0.922 bits per heavy atom. The van der Waals surface area contributed by atoms with Gasteiger partial charge in [-0.05, 0) is 101 Å². The molecule has 0 radical (unpaired) electrons. The summed E-state index contributed by atoms with van der Waals surface area (Å²) >= 11 is 0. The van der Waals surface area contributed by atoms with Gasteiger partial charge in [0.15, 0.2) is 17.5 Å². The van der Waals surface area contributed by atoms with Crippen molar-refractivity contribution in [2.24, 2.45) is 0 Å². The smallest absolute Gasteiger partial charge is 0.308 e. The highest BCUT2D eigenvalue weighted by Gasteiger charge is 2.38. The summed E-state index contributed by atoms with van der Waals surface area (Å²) in [5, 5.41) is 11.3. The highest BCUT2D eigenvalue weighted by Crippen LogP contribution is 2.44. The van der Waals surface area contributed by atoms with Crippen LogP contribution >= 0.6 is 0 Å². The van der Waals surface area contributed by atoms with Gasteiger partial charge in [0.1, 0.15) is 6.07 Å². The van der Waals surface area contributed by atoms with Crippen LogP contribution in [-0.4, -0.2) is 19.5 Å². The summed E-state index contributed by atoms with van der Waals surface area (Å²) in [5.41, 5.74) is 0.186. The number of hydrogen-bond donors (Lipinski definition) is 0. The second kappa shape index (κ2) is 15.5. The number of hydrogen-bond acceptors (Lipinski definition) is 4. The number of nitrogens with zero attached hydrogens (tertiary/aromatic N) is 5. The predicted octanol–water partition coefficient (Wildman–Crippen LogP) is 14.5.